The first-order valence-corrected chi connectivity index (χ1v) is 7.91. The summed E-state index contributed by atoms with van der Waals surface area (Å²) < 4.78 is 0. The molecule has 0 aromatic heterocycles. The second-order valence-corrected chi connectivity index (χ2v) is 5.69. The Labute approximate surface area is 116 Å². The molecule has 0 saturated carbocycles. The third-order valence-corrected chi connectivity index (χ3v) is 4.21. The molecule has 0 nitrogen and oxygen atoms in total. The zero-order chi connectivity index (χ0) is 14.0. The van der Waals surface area contributed by atoms with Crippen molar-refractivity contribution in [3.05, 3.63) is 24.3 Å². The number of unbranched alkanes of at least 4 members (excludes halogenated alkanes) is 2. The Hall–Kier alpha value is -0.520. The molecule has 0 heteroatoms. The van der Waals surface area contributed by atoms with Gasteiger partial charge in [0.15, 0.2) is 0 Å². The van der Waals surface area contributed by atoms with Gasteiger partial charge in [0.1, 0.15) is 0 Å². The first kappa shape index (κ1) is 17.5. The highest BCUT2D eigenvalue weighted by molar-refractivity contribution is 5.12. The van der Waals surface area contributed by atoms with Crippen LogP contribution in [0.25, 0.3) is 0 Å². The molecule has 0 amide bonds. The fraction of sp³-hybridized carbons (Fsp3) is 0.778. The van der Waals surface area contributed by atoms with Gasteiger partial charge in [0.25, 0.3) is 0 Å². The summed E-state index contributed by atoms with van der Waals surface area (Å²) in [5, 5.41) is 0. The molecule has 3 atom stereocenters. The molecule has 0 aliphatic carbocycles. The molecule has 18 heavy (non-hydrogen) atoms. The van der Waals surface area contributed by atoms with Crippen molar-refractivity contribution in [1.29, 1.82) is 0 Å². The van der Waals surface area contributed by atoms with Crippen LogP contribution >= 0.6 is 0 Å². The second-order valence-electron chi connectivity index (χ2n) is 5.69. The molecule has 0 N–H and O–H groups in total. The molecule has 0 spiro atoms. The van der Waals surface area contributed by atoms with Crippen molar-refractivity contribution in [2.45, 2.75) is 73.1 Å². The van der Waals surface area contributed by atoms with Crippen LogP contribution in [0.2, 0.25) is 0 Å². The van der Waals surface area contributed by atoms with Gasteiger partial charge in [0, 0.05) is 5.92 Å². The zero-order valence-corrected chi connectivity index (χ0v) is 13.3. The Kier molecular flexibility index (Phi) is 10.1. The van der Waals surface area contributed by atoms with E-state index in [1.807, 2.05) is 0 Å². The number of hydrogen-bond donors (Lipinski definition) is 0. The molecule has 0 aliphatic rings. The van der Waals surface area contributed by atoms with E-state index in [4.69, 9.17) is 0 Å². The molecule has 0 aromatic carbocycles. The van der Waals surface area contributed by atoms with Crippen LogP contribution in [0.5, 0.6) is 0 Å². The monoisotopic (exact) mass is 250 g/mol. The van der Waals surface area contributed by atoms with Gasteiger partial charge in [-0.25, -0.2) is 0 Å². The van der Waals surface area contributed by atoms with Gasteiger partial charge >= 0.3 is 0 Å². The van der Waals surface area contributed by atoms with Crippen LogP contribution in [0.3, 0.4) is 0 Å². The summed E-state index contributed by atoms with van der Waals surface area (Å²) in [4.78, 5) is 0. The maximum Gasteiger partial charge on any atom is 0.000200 e. The number of rotatable bonds is 10. The predicted octanol–water partition coefficient (Wildman–Crippen LogP) is 6.39. The summed E-state index contributed by atoms with van der Waals surface area (Å²) >= 11 is 0. The molecule has 0 saturated heterocycles. The Bertz CT molecular complexity index is 236. The van der Waals surface area contributed by atoms with Crippen molar-refractivity contribution in [1.82, 2.24) is 0 Å². The summed E-state index contributed by atoms with van der Waals surface area (Å²) in [6, 6.07) is 0. The highest BCUT2D eigenvalue weighted by Gasteiger charge is 2.23. The molecule has 0 fully saturated rings. The van der Waals surface area contributed by atoms with Gasteiger partial charge in [-0.05, 0) is 25.2 Å². The number of hydrogen-bond acceptors (Lipinski definition) is 0. The molecule has 0 aliphatic heterocycles. The molecule has 106 valence electrons. The minimum atomic E-state index is 0.577. The summed E-state index contributed by atoms with van der Waals surface area (Å²) in [6.45, 7) is 15.7. The fourth-order valence-electron chi connectivity index (χ4n) is 2.96. The van der Waals surface area contributed by atoms with Gasteiger partial charge in [-0.15, -0.1) is 6.58 Å². The molecule has 0 heterocycles. The van der Waals surface area contributed by atoms with E-state index in [0.29, 0.717) is 5.92 Å². The average Bonchev–Trinajstić information content (AvgIpc) is 2.39. The lowest BCUT2D eigenvalue weighted by atomic mass is 9.75. The Balaban J connectivity index is 4.70. The van der Waals surface area contributed by atoms with Gasteiger partial charge in [0.05, 0.1) is 0 Å². The van der Waals surface area contributed by atoms with Crippen molar-refractivity contribution in [2.24, 2.45) is 17.8 Å². The predicted molar refractivity (Wildman–Crippen MR) is 84.8 cm³/mol. The van der Waals surface area contributed by atoms with E-state index in [1.54, 1.807) is 0 Å². The zero-order valence-electron chi connectivity index (χ0n) is 13.3. The lowest BCUT2D eigenvalue weighted by Gasteiger charge is -2.30. The van der Waals surface area contributed by atoms with Crippen LogP contribution in [-0.4, -0.2) is 0 Å². The van der Waals surface area contributed by atoms with E-state index < -0.39 is 0 Å². The van der Waals surface area contributed by atoms with Crippen LogP contribution in [0, 0.1) is 17.8 Å². The Morgan fingerprint density at radius 1 is 1.17 bits per heavy atom. The van der Waals surface area contributed by atoms with E-state index >= 15 is 0 Å². The van der Waals surface area contributed by atoms with Crippen LogP contribution in [0.15, 0.2) is 24.3 Å². The molecule has 0 rings (SSSR count). The van der Waals surface area contributed by atoms with Gasteiger partial charge in [-0.2, -0.15) is 0 Å². The highest BCUT2D eigenvalue weighted by atomic mass is 14.3. The van der Waals surface area contributed by atoms with E-state index in [0.717, 1.165) is 11.8 Å². The lowest BCUT2D eigenvalue weighted by molar-refractivity contribution is 0.274. The van der Waals surface area contributed by atoms with Crippen molar-refractivity contribution in [2.75, 3.05) is 0 Å². The smallest absolute Gasteiger partial charge is 0.000200 e. The first-order chi connectivity index (χ1) is 8.62. The van der Waals surface area contributed by atoms with Crippen LogP contribution < -0.4 is 0 Å². The standard InChI is InChI=1S/C18H34/c1-7-11-13-15(5)17(9-3)18(10-4)16(6)14-12-8-2/h9,13,16-18H,3,7-8,10-12,14H2,1-2,4-6H3. The third kappa shape index (κ3) is 5.89. The first-order valence-electron chi connectivity index (χ1n) is 7.91. The van der Waals surface area contributed by atoms with Gasteiger partial charge in [-0.1, -0.05) is 77.5 Å². The second kappa shape index (κ2) is 10.4. The molecular weight excluding hydrogens is 216 g/mol. The quantitative estimate of drug-likeness (QED) is 0.394. The van der Waals surface area contributed by atoms with Crippen LogP contribution in [0.4, 0.5) is 0 Å². The van der Waals surface area contributed by atoms with Crippen molar-refractivity contribution in [3.63, 3.8) is 0 Å². The summed E-state index contributed by atoms with van der Waals surface area (Å²) in [6.07, 6.45) is 12.3. The molecular formula is C18H34. The fourth-order valence-corrected chi connectivity index (χ4v) is 2.96. The molecule has 0 bridgehead atoms. The van der Waals surface area contributed by atoms with Crippen molar-refractivity contribution >= 4 is 0 Å². The normalized spacial score (nSPS) is 17.3. The minimum absolute atomic E-state index is 0.577. The highest BCUT2D eigenvalue weighted by Crippen LogP contribution is 2.33. The van der Waals surface area contributed by atoms with Gasteiger partial charge in [0.2, 0.25) is 0 Å². The van der Waals surface area contributed by atoms with E-state index in [-0.39, 0.29) is 0 Å². The van der Waals surface area contributed by atoms with E-state index in [9.17, 15) is 0 Å². The maximum absolute atomic E-state index is 4.08. The SMILES string of the molecule is C=CC(C(C)=CCCC)C(CC)C(C)CCCC. The summed E-state index contributed by atoms with van der Waals surface area (Å²) in [7, 11) is 0. The topological polar surface area (TPSA) is 0 Å². The largest absolute Gasteiger partial charge is 0.102 e. The van der Waals surface area contributed by atoms with E-state index in [1.165, 1.54) is 44.1 Å². The van der Waals surface area contributed by atoms with Crippen LogP contribution in [0.1, 0.15) is 73.1 Å². The van der Waals surface area contributed by atoms with Crippen molar-refractivity contribution in [3.8, 4) is 0 Å². The maximum atomic E-state index is 4.08. The average molecular weight is 250 g/mol. The lowest BCUT2D eigenvalue weighted by Crippen LogP contribution is -2.21. The van der Waals surface area contributed by atoms with Crippen molar-refractivity contribution < 1.29 is 0 Å². The Morgan fingerprint density at radius 3 is 2.28 bits per heavy atom. The summed E-state index contributed by atoms with van der Waals surface area (Å²) in [5.74, 6) is 2.15. The molecule has 3 unspecified atom stereocenters. The third-order valence-electron chi connectivity index (χ3n) is 4.21. The van der Waals surface area contributed by atoms with Gasteiger partial charge in [-0.3, -0.25) is 0 Å². The molecule has 0 aromatic rings. The Morgan fingerprint density at radius 2 is 1.83 bits per heavy atom. The molecule has 0 radical (unpaired) electrons. The summed E-state index contributed by atoms with van der Waals surface area (Å²) in [5.41, 5.74) is 1.53. The number of allylic oxidation sites excluding steroid dienone is 3. The minimum Gasteiger partial charge on any atom is -0.102 e. The van der Waals surface area contributed by atoms with Gasteiger partial charge < -0.3 is 0 Å². The van der Waals surface area contributed by atoms with E-state index in [2.05, 4.69) is 53.3 Å². The van der Waals surface area contributed by atoms with Crippen LogP contribution in [-0.2, 0) is 0 Å².